The molecule has 1 N–H and O–H groups in total. The highest BCUT2D eigenvalue weighted by Gasteiger charge is 2.73. The maximum atomic E-state index is 13.4. The van der Waals surface area contributed by atoms with Gasteiger partial charge in [0.15, 0.2) is 11.5 Å². The van der Waals surface area contributed by atoms with E-state index in [1.54, 1.807) is 25.1 Å². The molecule has 0 unspecified atom stereocenters. The van der Waals surface area contributed by atoms with Gasteiger partial charge in [0.25, 0.3) is 0 Å². The Morgan fingerprint density at radius 2 is 2.10 bits per heavy atom. The molecule has 10 heteroatoms. The number of ether oxygens (including phenoxy) is 3. The Labute approximate surface area is 236 Å². The Hall–Kier alpha value is -3.50. The van der Waals surface area contributed by atoms with Gasteiger partial charge in [-0.05, 0) is 67.6 Å². The van der Waals surface area contributed by atoms with Crippen LogP contribution in [0.15, 0.2) is 55.1 Å². The summed E-state index contributed by atoms with van der Waals surface area (Å²) in [4.78, 5) is 17.4. The maximum absolute atomic E-state index is 13.4. The lowest BCUT2D eigenvalue weighted by molar-refractivity contribution is -0.274. The number of halogens is 3. The predicted molar refractivity (Wildman–Crippen MR) is 146 cm³/mol. The van der Waals surface area contributed by atoms with E-state index in [0.717, 1.165) is 17.7 Å². The van der Waals surface area contributed by atoms with Gasteiger partial charge < -0.3 is 24.2 Å². The fraction of sp³-hybridized carbons (Fsp3) is 0.452. The van der Waals surface area contributed by atoms with Crippen molar-refractivity contribution in [2.24, 2.45) is 0 Å². The summed E-state index contributed by atoms with van der Waals surface area (Å²) in [7, 11) is 3.30. The van der Waals surface area contributed by atoms with Crippen molar-refractivity contribution in [1.82, 2.24) is 9.80 Å². The van der Waals surface area contributed by atoms with Gasteiger partial charge in [-0.15, -0.1) is 19.8 Å². The number of likely N-dealkylation sites (N-methyl/N-ethyl adjacent to an activating group) is 1. The lowest BCUT2D eigenvalue weighted by Gasteiger charge is -2.64. The molecule has 1 saturated heterocycles. The summed E-state index contributed by atoms with van der Waals surface area (Å²) in [5, 5.41) is 12.6. The summed E-state index contributed by atoms with van der Waals surface area (Å²) < 4.78 is 54.3. The van der Waals surface area contributed by atoms with Crippen LogP contribution < -0.4 is 14.2 Å². The van der Waals surface area contributed by atoms with Crippen LogP contribution in [0.1, 0.15) is 36.0 Å². The second kappa shape index (κ2) is 9.80. The van der Waals surface area contributed by atoms with Crippen molar-refractivity contribution in [3.8, 4) is 17.2 Å². The molecule has 1 amide bonds. The molecule has 2 heterocycles. The molecule has 0 aromatic heterocycles. The number of carbonyl (C=O) groups is 1. The fourth-order valence-corrected chi connectivity index (χ4v) is 7.80. The topological polar surface area (TPSA) is 71.5 Å². The number of alkyl halides is 3. The zero-order valence-corrected chi connectivity index (χ0v) is 23.0. The van der Waals surface area contributed by atoms with Crippen molar-refractivity contribution in [2.45, 2.75) is 61.2 Å². The summed E-state index contributed by atoms with van der Waals surface area (Å²) in [6.45, 7) is 5.35. The highest BCUT2D eigenvalue weighted by molar-refractivity contribution is 5.92. The Morgan fingerprint density at radius 1 is 1.29 bits per heavy atom. The molecule has 4 aliphatic rings. The largest absolute Gasteiger partial charge is 0.573 e. The highest BCUT2D eigenvalue weighted by Crippen LogP contribution is 2.65. The smallest absolute Gasteiger partial charge is 0.493 e. The third kappa shape index (κ3) is 4.22. The Kier molecular flexibility index (Phi) is 6.61. The molecule has 2 aliphatic carbocycles. The van der Waals surface area contributed by atoms with E-state index in [1.165, 1.54) is 30.4 Å². The molecule has 7 nitrogen and oxygen atoms in total. The van der Waals surface area contributed by atoms with Gasteiger partial charge in [-0.25, -0.2) is 0 Å². The number of amides is 1. The SMILES string of the molecule is C=CCN1CC[C@]23c4c5ccc(OC)c4O[C@H]2[C@H](N(C)C(=O)C=Cc2cccc(OC(F)(F)F)c2)CC[C@@]3(O)[C@H]1C5. The number of hydrogen-bond acceptors (Lipinski definition) is 6. The third-order valence-corrected chi connectivity index (χ3v) is 9.47. The highest BCUT2D eigenvalue weighted by atomic mass is 19.4. The third-order valence-electron chi connectivity index (χ3n) is 9.47. The van der Waals surface area contributed by atoms with Crippen molar-refractivity contribution in [2.75, 3.05) is 27.2 Å². The van der Waals surface area contributed by atoms with Crippen LogP contribution in [0, 0.1) is 0 Å². The van der Waals surface area contributed by atoms with Gasteiger partial charge >= 0.3 is 6.36 Å². The molecule has 2 bridgehead atoms. The van der Waals surface area contributed by atoms with E-state index in [-0.39, 0.29) is 23.7 Å². The van der Waals surface area contributed by atoms with Crippen LogP contribution in [-0.4, -0.2) is 78.2 Å². The number of methoxy groups -OCH3 is 1. The van der Waals surface area contributed by atoms with E-state index in [0.29, 0.717) is 49.3 Å². The monoisotopic (exact) mass is 570 g/mol. The van der Waals surface area contributed by atoms with Crippen LogP contribution in [-0.2, 0) is 16.6 Å². The van der Waals surface area contributed by atoms with E-state index in [2.05, 4.69) is 22.3 Å². The number of benzene rings is 2. The molecule has 2 aromatic carbocycles. The fourth-order valence-electron chi connectivity index (χ4n) is 7.80. The van der Waals surface area contributed by atoms with Crippen LogP contribution in [0.2, 0.25) is 0 Å². The zero-order valence-electron chi connectivity index (χ0n) is 23.0. The molecule has 1 saturated carbocycles. The molecule has 2 fully saturated rings. The minimum absolute atomic E-state index is 0.111. The number of rotatable bonds is 7. The molecule has 1 spiro atoms. The van der Waals surface area contributed by atoms with E-state index in [4.69, 9.17) is 9.47 Å². The van der Waals surface area contributed by atoms with Crippen LogP contribution in [0.3, 0.4) is 0 Å². The normalized spacial score (nSPS) is 30.0. The van der Waals surface area contributed by atoms with E-state index < -0.39 is 23.5 Å². The summed E-state index contributed by atoms with van der Waals surface area (Å²) in [6, 6.07) is 8.97. The lowest BCUT2D eigenvalue weighted by Crippen LogP contribution is -2.78. The van der Waals surface area contributed by atoms with Gasteiger partial charge in [0.05, 0.1) is 24.2 Å². The Balaban J connectivity index is 1.32. The Morgan fingerprint density at radius 3 is 2.83 bits per heavy atom. The van der Waals surface area contributed by atoms with E-state index in [1.807, 2.05) is 12.1 Å². The molecule has 218 valence electrons. The average molecular weight is 571 g/mol. The van der Waals surface area contributed by atoms with Crippen molar-refractivity contribution in [1.29, 1.82) is 0 Å². The van der Waals surface area contributed by atoms with Crippen molar-refractivity contribution in [3.05, 3.63) is 71.8 Å². The number of piperidine rings is 1. The molecule has 0 radical (unpaired) electrons. The molecular formula is C31H33F3N2O5. The van der Waals surface area contributed by atoms with Gasteiger partial charge in [0.2, 0.25) is 5.91 Å². The van der Waals surface area contributed by atoms with Crippen molar-refractivity contribution in [3.63, 3.8) is 0 Å². The number of nitrogens with zero attached hydrogens (tertiary/aromatic N) is 2. The van der Waals surface area contributed by atoms with Crippen molar-refractivity contribution < 1.29 is 37.3 Å². The lowest BCUT2D eigenvalue weighted by atomic mass is 9.48. The van der Waals surface area contributed by atoms with Gasteiger partial charge in [-0.2, -0.15) is 0 Å². The molecule has 2 aliphatic heterocycles. The summed E-state index contributed by atoms with van der Waals surface area (Å²) in [5.74, 6) is 0.578. The van der Waals surface area contributed by atoms with E-state index >= 15 is 0 Å². The first-order chi connectivity index (χ1) is 19.5. The Bertz CT molecular complexity index is 1410. The number of carbonyl (C=O) groups excluding carboxylic acids is 1. The molecule has 6 rings (SSSR count). The molecule has 5 atom stereocenters. The quantitative estimate of drug-likeness (QED) is 0.391. The summed E-state index contributed by atoms with van der Waals surface area (Å²) in [5.41, 5.74) is 0.757. The van der Waals surface area contributed by atoms with Crippen LogP contribution in [0.5, 0.6) is 17.2 Å². The van der Waals surface area contributed by atoms with Gasteiger partial charge in [0, 0.05) is 31.3 Å². The van der Waals surface area contributed by atoms with Crippen molar-refractivity contribution >= 4 is 12.0 Å². The van der Waals surface area contributed by atoms with Crippen LogP contribution in [0.25, 0.3) is 6.08 Å². The standard InChI is InChI=1S/C31H33F3N2O5/c1-4-15-36-16-14-29-26-20-9-10-23(39-3)27(26)40-28(29)22(12-13-30(29,38)24(36)18-20)35(2)25(37)11-8-19-6-5-7-21(17-19)41-31(32,33)34/h4-11,17,22,24,28,38H,1,12-16,18H2,2-3H3/t22-,24-,28+,29+,30-/m1/s1. The molecule has 2 aromatic rings. The average Bonchev–Trinajstić information content (AvgIpc) is 3.27. The minimum Gasteiger partial charge on any atom is -0.493 e. The maximum Gasteiger partial charge on any atom is 0.573 e. The summed E-state index contributed by atoms with van der Waals surface area (Å²) in [6.07, 6.45) is 1.74. The van der Waals surface area contributed by atoms with Crippen LogP contribution in [0.4, 0.5) is 13.2 Å². The van der Waals surface area contributed by atoms with Crippen LogP contribution >= 0.6 is 0 Å². The first-order valence-electron chi connectivity index (χ1n) is 13.8. The predicted octanol–water partition coefficient (Wildman–Crippen LogP) is 4.47. The zero-order chi connectivity index (χ0) is 29.2. The molecule has 41 heavy (non-hydrogen) atoms. The second-order valence-corrected chi connectivity index (χ2v) is 11.3. The first kappa shape index (κ1) is 27.7. The van der Waals surface area contributed by atoms with Gasteiger partial charge in [-0.3, -0.25) is 9.69 Å². The van der Waals surface area contributed by atoms with E-state index in [9.17, 15) is 23.1 Å². The first-order valence-corrected chi connectivity index (χ1v) is 13.8. The van der Waals surface area contributed by atoms with Gasteiger partial charge in [-0.1, -0.05) is 24.3 Å². The summed E-state index contributed by atoms with van der Waals surface area (Å²) >= 11 is 0. The number of aliphatic hydroxyl groups is 1. The second-order valence-electron chi connectivity index (χ2n) is 11.3. The molecular weight excluding hydrogens is 537 g/mol. The minimum atomic E-state index is -4.80. The van der Waals surface area contributed by atoms with Gasteiger partial charge in [0.1, 0.15) is 11.9 Å². The number of hydrogen-bond donors (Lipinski definition) is 1. The number of likely N-dealkylation sites (tertiary alicyclic amines) is 1.